The second kappa shape index (κ2) is 8.44. The molecule has 1 heterocycles. The largest absolute Gasteiger partial charge is 0.398 e. The van der Waals surface area contributed by atoms with E-state index in [9.17, 15) is 9.59 Å². The molecule has 0 saturated carbocycles. The summed E-state index contributed by atoms with van der Waals surface area (Å²) in [4.78, 5) is 27.5. The van der Waals surface area contributed by atoms with Gasteiger partial charge in [0.1, 0.15) is 11.7 Å². The van der Waals surface area contributed by atoms with E-state index in [1.54, 1.807) is 0 Å². The number of aromatic nitrogens is 1. The molecule has 27 heavy (non-hydrogen) atoms. The van der Waals surface area contributed by atoms with Gasteiger partial charge in [-0.3, -0.25) is 15.5 Å². The molecule has 2 rings (SSSR count). The maximum Gasteiger partial charge on any atom is 0.320 e. The van der Waals surface area contributed by atoms with E-state index in [4.69, 9.17) is 34.7 Å². The van der Waals surface area contributed by atoms with Crippen LogP contribution in [0.5, 0.6) is 0 Å². The van der Waals surface area contributed by atoms with E-state index in [0.29, 0.717) is 6.54 Å². The number of benzene rings is 1. The molecule has 8 nitrogen and oxygen atoms in total. The van der Waals surface area contributed by atoms with Crippen LogP contribution in [-0.2, 0) is 11.3 Å². The highest BCUT2D eigenvalue weighted by Gasteiger charge is 2.21. The van der Waals surface area contributed by atoms with Crippen LogP contribution in [0.2, 0.25) is 5.11 Å². The lowest BCUT2D eigenvalue weighted by molar-refractivity contribution is -0.119. The standard InChI is InChI=1S/C16H15B3N6O2/c17-16(18,19)14(26)25-13(21)10-8-22-12(6-11(10)20)24-15(27)23-7-9-4-2-1-3-5-9/h1-6,8H,7H2,(H2,21,25,26)(H4,20,22,23,24,27). The van der Waals surface area contributed by atoms with Crippen molar-refractivity contribution in [2.24, 2.45) is 0 Å². The first kappa shape index (κ1) is 20.1. The quantitative estimate of drug-likeness (QED) is 0.293. The Hall–Kier alpha value is -3.23. The fourth-order valence-corrected chi connectivity index (χ4v) is 1.98. The zero-order valence-corrected chi connectivity index (χ0v) is 14.3. The monoisotopic (exact) mass is 356 g/mol. The highest BCUT2D eigenvalue weighted by Crippen LogP contribution is 2.16. The minimum absolute atomic E-state index is 0.102. The van der Waals surface area contributed by atoms with Crippen molar-refractivity contribution in [3.63, 3.8) is 0 Å². The molecule has 3 amide bonds. The van der Waals surface area contributed by atoms with Crippen molar-refractivity contribution in [1.82, 2.24) is 15.6 Å². The molecule has 11 heteroatoms. The highest BCUT2D eigenvalue weighted by molar-refractivity contribution is 6.68. The van der Waals surface area contributed by atoms with Gasteiger partial charge in [-0.15, -0.1) is 0 Å². The summed E-state index contributed by atoms with van der Waals surface area (Å²) in [5.74, 6) is -1.17. The number of rotatable bonds is 5. The first-order valence-electron chi connectivity index (χ1n) is 7.78. The van der Waals surface area contributed by atoms with Crippen LogP contribution in [0, 0.1) is 5.41 Å². The maximum absolute atomic E-state index is 11.9. The number of hydrogen-bond donors (Lipinski definition) is 5. The van der Waals surface area contributed by atoms with Crippen molar-refractivity contribution in [2.75, 3.05) is 11.1 Å². The molecule has 2 aromatic rings. The van der Waals surface area contributed by atoms with Gasteiger partial charge in [-0.05, 0) is 5.56 Å². The van der Waals surface area contributed by atoms with Gasteiger partial charge in [-0.1, -0.05) is 35.4 Å². The molecule has 0 bridgehead atoms. The molecule has 0 aliphatic heterocycles. The molecular formula is C16H15B3N6O2. The highest BCUT2D eigenvalue weighted by atomic mass is 16.2. The fraction of sp³-hybridized carbons (Fsp3) is 0.125. The van der Waals surface area contributed by atoms with E-state index in [1.165, 1.54) is 12.3 Å². The molecule has 0 spiro atoms. The second-order valence-electron chi connectivity index (χ2n) is 5.71. The Balaban J connectivity index is 1.96. The zero-order chi connectivity index (χ0) is 20.0. The van der Waals surface area contributed by atoms with Crippen LogP contribution in [0.3, 0.4) is 0 Å². The minimum atomic E-state index is -2.13. The van der Waals surface area contributed by atoms with Gasteiger partial charge in [-0.25, -0.2) is 9.78 Å². The summed E-state index contributed by atoms with van der Waals surface area (Å²) in [5, 5.41) is 13.0. The third-order valence-electron chi connectivity index (χ3n) is 3.37. The van der Waals surface area contributed by atoms with E-state index in [2.05, 4.69) is 20.9 Å². The van der Waals surface area contributed by atoms with Crippen LogP contribution in [-0.4, -0.2) is 46.3 Å². The number of pyridine rings is 1. The van der Waals surface area contributed by atoms with Gasteiger partial charge in [0.25, 0.3) is 0 Å². The number of amides is 3. The average Bonchev–Trinajstić information content (AvgIpc) is 2.60. The average molecular weight is 356 g/mol. The number of amidine groups is 1. The normalized spacial score (nSPS) is 10.7. The van der Waals surface area contributed by atoms with Crippen molar-refractivity contribution in [3.8, 4) is 0 Å². The molecule has 0 unspecified atom stereocenters. The molecule has 1 aromatic carbocycles. The molecule has 0 atom stereocenters. The third-order valence-corrected chi connectivity index (χ3v) is 3.37. The molecule has 6 N–H and O–H groups in total. The smallest absolute Gasteiger partial charge is 0.320 e. The summed E-state index contributed by atoms with van der Waals surface area (Å²) in [7, 11) is 15.7. The summed E-state index contributed by atoms with van der Waals surface area (Å²) in [6.45, 7) is 0.343. The van der Waals surface area contributed by atoms with Crippen molar-refractivity contribution < 1.29 is 9.59 Å². The van der Waals surface area contributed by atoms with E-state index in [-0.39, 0.29) is 22.9 Å². The Kier molecular flexibility index (Phi) is 6.28. The summed E-state index contributed by atoms with van der Waals surface area (Å²) in [6.07, 6.45) is 1.22. The van der Waals surface area contributed by atoms with Crippen LogP contribution >= 0.6 is 0 Å². The zero-order valence-electron chi connectivity index (χ0n) is 14.3. The van der Waals surface area contributed by atoms with E-state index in [1.807, 2.05) is 30.3 Å². The van der Waals surface area contributed by atoms with Crippen molar-refractivity contribution >= 4 is 52.8 Å². The number of carbonyl (C=O) groups is 2. The van der Waals surface area contributed by atoms with E-state index in [0.717, 1.165) is 5.56 Å². The number of nitrogens with two attached hydrogens (primary N) is 1. The van der Waals surface area contributed by atoms with Gasteiger partial charge in [0.15, 0.2) is 0 Å². The van der Waals surface area contributed by atoms with Crippen LogP contribution < -0.4 is 21.7 Å². The molecule has 0 aliphatic rings. The Bertz CT molecular complexity index is 855. The first-order chi connectivity index (χ1) is 12.7. The summed E-state index contributed by atoms with van der Waals surface area (Å²) in [6, 6.07) is 10.3. The number of nitrogens with one attached hydrogen (secondary N) is 4. The number of nitrogen functional groups attached to an aromatic ring is 1. The topological polar surface area (TPSA) is 133 Å². The van der Waals surface area contributed by atoms with Gasteiger partial charge in [0.05, 0.1) is 29.1 Å². The lowest BCUT2D eigenvalue weighted by atomic mass is 9.42. The van der Waals surface area contributed by atoms with Crippen LogP contribution in [0.25, 0.3) is 0 Å². The van der Waals surface area contributed by atoms with Gasteiger partial charge in [0, 0.05) is 24.5 Å². The Morgan fingerprint density at radius 3 is 2.44 bits per heavy atom. The van der Waals surface area contributed by atoms with Gasteiger partial charge >= 0.3 is 6.03 Å². The van der Waals surface area contributed by atoms with Gasteiger partial charge in [0.2, 0.25) is 5.91 Å². The number of anilines is 2. The maximum atomic E-state index is 11.9. The fourth-order valence-electron chi connectivity index (χ4n) is 1.98. The van der Waals surface area contributed by atoms with Crippen LogP contribution in [0.4, 0.5) is 16.3 Å². The number of hydrogen-bond acceptors (Lipinski definition) is 5. The Morgan fingerprint density at radius 2 is 1.85 bits per heavy atom. The summed E-state index contributed by atoms with van der Waals surface area (Å²) < 4.78 is 0. The SMILES string of the molecule is [B]C([B])([B])C(=O)NC(=N)c1cnc(NC(=O)NCc2ccccc2)cc1N. The van der Waals surface area contributed by atoms with Crippen LogP contribution in [0.1, 0.15) is 11.1 Å². The lowest BCUT2D eigenvalue weighted by Crippen LogP contribution is -2.40. The first-order valence-corrected chi connectivity index (χ1v) is 7.78. The van der Waals surface area contributed by atoms with Crippen molar-refractivity contribution in [3.05, 3.63) is 53.7 Å². The Morgan fingerprint density at radius 1 is 1.19 bits per heavy atom. The minimum Gasteiger partial charge on any atom is -0.398 e. The predicted molar refractivity (Wildman–Crippen MR) is 106 cm³/mol. The number of carbonyl (C=O) groups excluding carboxylic acids is 2. The predicted octanol–water partition coefficient (Wildman–Crippen LogP) is 0.00627. The van der Waals surface area contributed by atoms with E-state index >= 15 is 0 Å². The van der Waals surface area contributed by atoms with E-state index < -0.39 is 17.1 Å². The summed E-state index contributed by atoms with van der Waals surface area (Å²) >= 11 is 0. The van der Waals surface area contributed by atoms with Crippen molar-refractivity contribution in [2.45, 2.75) is 11.7 Å². The molecule has 0 saturated heterocycles. The third kappa shape index (κ3) is 5.91. The molecule has 1 aromatic heterocycles. The van der Waals surface area contributed by atoms with Crippen molar-refractivity contribution in [1.29, 1.82) is 5.41 Å². The Labute approximate surface area is 160 Å². The van der Waals surface area contributed by atoms with Crippen LogP contribution in [0.15, 0.2) is 42.6 Å². The molecule has 0 aliphatic carbocycles. The molecule has 6 radical (unpaired) electrons. The number of urea groups is 1. The summed E-state index contributed by atoms with van der Waals surface area (Å²) in [5.41, 5.74) is 7.01. The number of nitrogens with zero attached hydrogens (tertiary/aromatic N) is 1. The molecular weight excluding hydrogens is 341 g/mol. The lowest BCUT2D eigenvalue weighted by Gasteiger charge is -2.19. The molecule has 0 fully saturated rings. The van der Waals surface area contributed by atoms with Gasteiger partial charge < -0.3 is 16.4 Å². The second-order valence-corrected chi connectivity index (χ2v) is 5.71. The molecule has 130 valence electrons. The van der Waals surface area contributed by atoms with Gasteiger partial charge in [-0.2, -0.15) is 0 Å².